The van der Waals surface area contributed by atoms with Gasteiger partial charge in [-0.3, -0.25) is 4.99 Å². The first-order chi connectivity index (χ1) is 10.8. The zero-order valence-electron chi connectivity index (χ0n) is 13.7. The van der Waals surface area contributed by atoms with Crippen molar-refractivity contribution >= 4 is 12.0 Å². The van der Waals surface area contributed by atoms with E-state index in [1.807, 2.05) is 14.0 Å². The molecule has 2 rings (SSSR count). The average Bonchev–Trinajstić information content (AvgIpc) is 2.57. The van der Waals surface area contributed by atoms with E-state index in [9.17, 15) is 0 Å². The van der Waals surface area contributed by atoms with Crippen molar-refractivity contribution in [2.75, 3.05) is 39.9 Å². The summed E-state index contributed by atoms with van der Waals surface area (Å²) in [7, 11) is 1.85. The standard InChI is InChI=1S/C18H27N3O/c1-3-22-14-11-20-18(19-2)21-12-9-17(10-13-21)15-16-7-5-4-6-8-16/h4-8,15H,3,9-14H2,1-2H3,(H,19,20). The molecule has 1 heterocycles. The molecule has 0 aliphatic carbocycles. The number of ether oxygens (including phenoxy) is 1. The molecule has 1 saturated heterocycles. The van der Waals surface area contributed by atoms with Gasteiger partial charge in [-0.15, -0.1) is 0 Å². The maximum atomic E-state index is 5.35. The summed E-state index contributed by atoms with van der Waals surface area (Å²) < 4.78 is 5.35. The molecule has 0 amide bonds. The van der Waals surface area contributed by atoms with Crippen LogP contribution in [0.5, 0.6) is 0 Å². The van der Waals surface area contributed by atoms with Crippen LogP contribution in [-0.2, 0) is 4.74 Å². The van der Waals surface area contributed by atoms with E-state index in [2.05, 4.69) is 51.6 Å². The van der Waals surface area contributed by atoms with Gasteiger partial charge in [0.25, 0.3) is 0 Å². The molecule has 22 heavy (non-hydrogen) atoms. The minimum absolute atomic E-state index is 0.725. The number of benzene rings is 1. The smallest absolute Gasteiger partial charge is 0.193 e. The first kappa shape index (κ1) is 16.6. The van der Waals surface area contributed by atoms with E-state index in [0.717, 1.165) is 51.6 Å². The van der Waals surface area contributed by atoms with Gasteiger partial charge in [-0.05, 0) is 25.3 Å². The van der Waals surface area contributed by atoms with Gasteiger partial charge in [-0.25, -0.2) is 0 Å². The lowest BCUT2D eigenvalue weighted by molar-refractivity contribution is 0.151. The van der Waals surface area contributed by atoms with Crippen molar-refractivity contribution in [2.45, 2.75) is 19.8 Å². The molecule has 0 radical (unpaired) electrons. The lowest BCUT2D eigenvalue weighted by atomic mass is 10.0. The summed E-state index contributed by atoms with van der Waals surface area (Å²) in [6.07, 6.45) is 4.52. The second kappa shape index (κ2) is 9.26. The van der Waals surface area contributed by atoms with Crippen LogP contribution in [0.15, 0.2) is 40.9 Å². The third-order valence-electron chi connectivity index (χ3n) is 3.82. The van der Waals surface area contributed by atoms with Crippen molar-refractivity contribution in [3.8, 4) is 0 Å². The number of nitrogens with one attached hydrogen (secondary N) is 1. The van der Waals surface area contributed by atoms with E-state index in [1.54, 1.807) is 0 Å². The summed E-state index contributed by atoms with van der Waals surface area (Å²) in [5.41, 5.74) is 2.82. The summed E-state index contributed by atoms with van der Waals surface area (Å²) in [5.74, 6) is 0.985. The Bertz CT molecular complexity index is 486. The quantitative estimate of drug-likeness (QED) is 0.516. The largest absolute Gasteiger partial charge is 0.380 e. The van der Waals surface area contributed by atoms with Crippen LogP contribution in [0.2, 0.25) is 0 Å². The van der Waals surface area contributed by atoms with Gasteiger partial charge in [-0.1, -0.05) is 42.0 Å². The zero-order chi connectivity index (χ0) is 15.6. The second-order valence-electron chi connectivity index (χ2n) is 5.37. The third kappa shape index (κ3) is 5.19. The molecule has 0 saturated carbocycles. The first-order valence-corrected chi connectivity index (χ1v) is 8.11. The Morgan fingerprint density at radius 2 is 2.00 bits per heavy atom. The molecule has 1 fully saturated rings. The summed E-state index contributed by atoms with van der Waals surface area (Å²) >= 11 is 0. The molecule has 1 aliphatic rings. The highest BCUT2D eigenvalue weighted by atomic mass is 16.5. The molecular formula is C18H27N3O. The number of nitrogens with zero attached hydrogens (tertiary/aromatic N) is 2. The predicted molar refractivity (Wildman–Crippen MR) is 93.1 cm³/mol. The van der Waals surface area contributed by atoms with Crippen LogP contribution in [0, 0.1) is 0 Å². The van der Waals surface area contributed by atoms with Crippen LogP contribution < -0.4 is 5.32 Å². The Kier molecular flexibility index (Phi) is 6.97. The summed E-state index contributed by atoms with van der Waals surface area (Å²) in [6, 6.07) is 10.6. The lowest BCUT2D eigenvalue weighted by Crippen LogP contribution is -2.45. The summed E-state index contributed by atoms with van der Waals surface area (Å²) in [5, 5.41) is 3.37. The zero-order valence-corrected chi connectivity index (χ0v) is 13.7. The molecule has 0 bridgehead atoms. The number of aliphatic imine (C=N–C) groups is 1. The number of piperidine rings is 1. The highest BCUT2D eigenvalue weighted by Gasteiger charge is 2.16. The van der Waals surface area contributed by atoms with E-state index in [0.29, 0.717) is 0 Å². The van der Waals surface area contributed by atoms with Gasteiger partial charge in [0.1, 0.15) is 0 Å². The van der Waals surface area contributed by atoms with E-state index in [1.165, 1.54) is 11.1 Å². The molecule has 1 aromatic carbocycles. The van der Waals surface area contributed by atoms with Crippen LogP contribution in [0.3, 0.4) is 0 Å². The maximum absolute atomic E-state index is 5.35. The number of rotatable bonds is 5. The summed E-state index contributed by atoms with van der Waals surface area (Å²) in [4.78, 5) is 6.70. The van der Waals surface area contributed by atoms with Crippen molar-refractivity contribution in [2.24, 2.45) is 4.99 Å². The Hall–Kier alpha value is -1.81. The van der Waals surface area contributed by atoms with Gasteiger partial charge in [0.05, 0.1) is 6.61 Å². The lowest BCUT2D eigenvalue weighted by Gasteiger charge is -2.31. The van der Waals surface area contributed by atoms with E-state index < -0.39 is 0 Å². The van der Waals surface area contributed by atoms with Crippen LogP contribution in [-0.4, -0.2) is 50.8 Å². The molecule has 120 valence electrons. The van der Waals surface area contributed by atoms with Crippen molar-refractivity contribution < 1.29 is 4.74 Å². The topological polar surface area (TPSA) is 36.9 Å². The minimum Gasteiger partial charge on any atom is -0.380 e. The number of likely N-dealkylation sites (tertiary alicyclic amines) is 1. The molecule has 1 aliphatic heterocycles. The monoisotopic (exact) mass is 301 g/mol. The third-order valence-corrected chi connectivity index (χ3v) is 3.82. The minimum atomic E-state index is 0.725. The summed E-state index contributed by atoms with van der Waals surface area (Å²) in [6.45, 7) is 6.35. The fourth-order valence-corrected chi connectivity index (χ4v) is 2.65. The van der Waals surface area contributed by atoms with E-state index >= 15 is 0 Å². The molecule has 4 heteroatoms. The molecule has 1 aromatic rings. The molecule has 0 aromatic heterocycles. The fourth-order valence-electron chi connectivity index (χ4n) is 2.65. The van der Waals surface area contributed by atoms with Crippen molar-refractivity contribution in [3.63, 3.8) is 0 Å². The maximum Gasteiger partial charge on any atom is 0.193 e. The number of hydrogen-bond acceptors (Lipinski definition) is 2. The molecule has 0 atom stereocenters. The van der Waals surface area contributed by atoms with Gasteiger partial charge in [0.15, 0.2) is 5.96 Å². The van der Waals surface area contributed by atoms with Gasteiger partial charge in [0, 0.05) is 33.3 Å². The normalized spacial score (nSPS) is 15.8. The fraction of sp³-hybridized carbons (Fsp3) is 0.500. The van der Waals surface area contributed by atoms with Gasteiger partial charge < -0.3 is 15.0 Å². The second-order valence-corrected chi connectivity index (χ2v) is 5.37. The van der Waals surface area contributed by atoms with Gasteiger partial charge >= 0.3 is 0 Å². The molecular weight excluding hydrogens is 274 g/mol. The van der Waals surface area contributed by atoms with Gasteiger partial charge in [-0.2, -0.15) is 0 Å². The van der Waals surface area contributed by atoms with Crippen LogP contribution >= 0.6 is 0 Å². The van der Waals surface area contributed by atoms with Crippen molar-refractivity contribution in [1.29, 1.82) is 0 Å². The predicted octanol–water partition coefficient (Wildman–Crippen LogP) is 2.78. The van der Waals surface area contributed by atoms with E-state index in [-0.39, 0.29) is 0 Å². The van der Waals surface area contributed by atoms with Crippen molar-refractivity contribution in [3.05, 3.63) is 41.5 Å². The first-order valence-electron chi connectivity index (χ1n) is 8.11. The highest BCUT2D eigenvalue weighted by Crippen LogP contribution is 2.19. The SMILES string of the molecule is CCOCCNC(=NC)N1CCC(=Cc2ccccc2)CC1. The number of hydrogen-bond donors (Lipinski definition) is 1. The average molecular weight is 301 g/mol. The van der Waals surface area contributed by atoms with Crippen LogP contribution in [0.1, 0.15) is 25.3 Å². The molecule has 0 spiro atoms. The van der Waals surface area contributed by atoms with Crippen LogP contribution in [0.4, 0.5) is 0 Å². The highest BCUT2D eigenvalue weighted by molar-refractivity contribution is 5.80. The van der Waals surface area contributed by atoms with E-state index in [4.69, 9.17) is 4.74 Å². The molecule has 1 N–H and O–H groups in total. The van der Waals surface area contributed by atoms with Crippen molar-refractivity contribution in [1.82, 2.24) is 10.2 Å². The molecule has 4 nitrogen and oxygen atoms in total. The Morgan fingerprint density at radius 1 is 1.27 bits per heavy atom. The van der Waals surface area contributed by atoms with Crippen LogP contribution in [0.25, 0.3) is 6.08 Å². The Morgan fingerprint density at radius 3 is 2.64 bits per heavy atom. The van der Waals surface area contributed by atoms with Gasteiger partial charge in [0.2, 0.25) is 0 Å². The Labute approximate surface area is 133 Å². The molecule has 0 unspecified atom stereocenters. The Balaban J connectivity index is 1.81. The number of guanidine groups is 1.